The van der Waals surface area contributed by atoms with Crippen LogP contribution in [-0.2, 0) is 16.0 Å². The second kappa shape index (κ2) is 8.04. The molecule has 0 saturated carbocycles. The molecule has 5 nitrogen and oxygen atoms in total. The highest BCUT2D eigenvalue weighted by Crippen LogP contribution is 2.31. The zero-order valence-corrected chi connectivity index (χ0v) is 15.1. The molecule has 1 aliphatic heterocycles. The number of carbonyl (C=O) groups excluding carboxylic acids is 2. The van der Waals surface area contributed by atoms with E-state index in [1.165, 1.54) is 5.56 Å². The molecular formula is C21H24N2O3. The standard InChI is InChI=1S/C21H24N2O3/c1-14-8-11-18-17(12-14)23-21(25)19(26-18)13-20(24)22-15(2)9-10-16-6-4-3-5-7-16/h3-8,11-12,15,19H,9-10,13H2,1-2H3,(H,22,24)(H,23,25)/t15-,19-/m0/s1. The second-order valence-electron chi connectivity index (χ2n) is 6.79. The van der Waals surface area contributed by atoms with Crippen LogP contribution in [0.2, 0.25) is 0 Å². The van der Waals surface area contributed by atoms with Crippen molar-refractivity contribution < 1.29 is 14.3 Å². The molecule has 26 heavy (non-hydrogen) atoms. The van der Waals surface area contributed by atoms with Crippen LogP contribution < -0.4 is 15.4 Å². The molecule has 0 spiro atoms. The average molecular weight is 352 g/mol. The van der Waals surface area contributed by atoms with Gasteiger partial charge in [0.25, 0.3) is 5.91 Å². The lowest BCUT2D eigenvalue weighted by atomic mass is 10.1. The Bertz CT molecular complexity index is 789. The van der Waals surface area contributed by atoms with Crippen LogP contribution >= 0.6 is 0 Å². The number of rotatable bonds is 6. The van der Waals surface area contributed by atoms with Gasteiger partial charge in [-0.05, 0) is 49.9 Å². The SMILES string of the molecule is Cc1ccc2c(c1)NC(=O)[C@H](CC(=O)N[C@@H](C)CCc1ccccc1)O2. The van der Waals surface area contributed by atoms with Gasteiger partial charge in [0.05, 0.1) is 12.1 Å². The van der Waals surface area contributed by atoms with Crippen molar-refractivity contribution in [2.75, 3.05) is 5.32 Å². The number of carbonyl (C=O) groups is 2. The number of nitrogens with one attached hydrogen (secondary N) is 2. The van der Waals surface area contributed by atoms with Gasteiger partial charge in [0.1, 0.15) is 5.75 Å². The molecule has 0 fully saturated rings. The fourth-order valence-electron chi connectivity index (χ4n) is 3.00. The highest BCUT2D eigenvalue weighted by Gasteiger charge is 2.30. The summed E-state index contributed by atoms with van der Waals surface area (Å²) >= 11 is 0. The van der Waals surface area contributed by atoms with E-state index in [1.54, 1.807) is 0 Å². The number of aryl methyl sites for hydroxylation is 2. The lowest BCUT2D eigenvalue weighted by Crippen LogP contribution is -2.42. The number of amides is 2. The summed E-state index contributed by atoms with van der Waals surface area (Å²) in [6, 6.07) is 15.8. The maximum atomic E-state index is 12.3. The van der Waals surface area contributed by atoms with Crippen LogP contribution in [0.4, 0.5) is 5.69 Å². The number of fused-ring (bicyclic) bond motifs is 1. The Hall–Kier alpha value is -2.82. The van der Waals surface area contributed by atoms with Gasteiger partial charge in [0.2, 0.25) is 5.91 Å². The number of ether oxygens (including phenoxy) is 1. The van der Waals surface area contributed by atoms with E-state index in [-0.39, 0.29) is 24.3 Å². The van der Waals surface area contributed by atoms with Crippen molar-refractivity contribution in [1.82, 2.24) is 5.32 Å². The molecule has 0 aliphatic carbocycles. The zero-order valence-electron chi connectivity index (χ0n) is 15.1. The van der Waals surface area contributed by atoms with Gasteiger partial charge in [-0.25, -0.2) is 0 Å². The Balaban J connectivity index is 1.50. The van der Waals surface area contributed by atoms with E-state index in [0.717, 1.165) is 18.4 Å². The van der Waals surface area contributed by atoms with Crippen LogP contribution in [0.25, 0.3) is 0 Å². The number of hydrogen-bond donors (Lipinski definition) is 2. The number of hydrogen-bond acceptors (Lipinski definition) is 3. The van der Waals surface area contributed by atoms with Gasteiger partial charge in [0.15, 0.2) is 6.10 Å². The summed E-state index contributed by atoms with van der Waals surface area (Å²) in [6.07, 6.45) is 0.950. The van der Waals surface area contributed by atoms with Crippen molar-refractivity contribution in [3.8, 4) is 5.75 Å². The highest BCUT2D eigenvalue weighted by molar-refractivity contribution is 6.00. The molecule has 3 rings (SSSR count). The molecule has 136 valence electrons. The van der Waals surface area contributed by atoms with Crippen molar-refractivity contribution in [2.45, 2.75) is 45.3 Å². The Morgan fingerprint density at radius 1 is 1.23 bits per heavy atom. The second-order valence-corrected chi connectivity index (χ2v) is 6.79. The first-order chi connectivity index (χ1) is 12.5. The van der Waals surface area contributed by atoms with E-state index in [1.807, 2.05) is 50.2 Å². The third kappa shape index (κ3) is 4.63. The van der Waals surface area contributed by atoms with Gasteiger partial charge >= 0.3 is 0 Å². The summed E-state index contributed by atoms with van der Waals surface area (Å²) in [5.74, 6) is 0.140. The molecule has 2 aromatic rings. The topological polar surface area (TPSA) is 67.4 Å². The molecular weight excluding hydrogens is 328 g/mol. The molecule has 2 aromatic carbocycles. The van der Waals surface area contributed by atoms with Crippen molar-refractivity contribution >= 4 is 17.5 Å². The van der Waals surface area contributed by atoms with E-state index < -0.39 is 6.10 Å². The first kappa shape index (κ1) is 18.0. The molecule has 2 atom stereocenters. The third-order valence-electron chi connectivity index (χ3n) is 4.44. The number of benzene rings is 2. The van der Waals surface area contributed by atoms with E-state index in [2.05, 4.69) is 22.8 Å². The minimum absolute atomic E-state index is 0.00876. The van der Waals surface area contributed by atoms with E-state index in [9.17, 15) is 9.59 Å². The highest BCUT2D eigenvalue weighted by atomic mass is 16.5. The maximum Gasteiger partial charge on any atom is 0.266 e. The van der Waals surface area contributed by atoms with Crippen molar-refractivity contribution in [1.29, 1.82) is 0 Å². The summed E-state index contributed by atoms with van der Waals surface area (Å²) in [6.45, 7) is 3.92. The van der Waals surface area contributed by atoms with Crippen LogP contribution in [0.1, 0.15) is 30.9 Å². The average Bonchev–Trinajstić information content (AvgIpc) is 2.61. The molecule has 0 bridgehead atoms. The quantitative estimate of drug-likeness (QED) is 0.839. The van der Waals surface area contributed by atoms with Gasteiger partial charge in [0, 0.05) is 6.04 Å². The van der Waals surface area contributed by atoms with Gasteiger partial charge in [-0.2, -0.15) is 0 Å². The Kier molecular flexibility index (Phi) is 5.56. The molecule has 1 heterocycles. The van der Waals surface area contributed by atoms with Crippen molar-refractivity contribution in [3.05, 3.63) is 59.7 Å². The van der Waals surface area contributed by atoms with Gasteiger partial charge < -0.3 is 15.4 Å². The molecule has 0 unspecified atom stereocenters. The molecule has 1 aliphatic rings. The smallest absolute Gasteiger partial charge is 0.266 e. The normalized spacial score (nSPS) is 16.8. The molecule has 0 aromatic heterocycles. The van der Waals surface area contributed by atoms with Crippen LogP contribution in [-0.4, -0.2) is 24.0 Å². The predicted octanol–water partition coefficient (Wildman–Crippen LogP) is 3.22. The Morgan fingerprint density at radius 3 is 2.77 bits per heavy atom. The lowest BCUT2D eigenvalue weighted by Gasteiger charge is -2.26. The molecule has 0 saturated heterocycles. The van der Waals surface area contributed by atoms with Gasteiger partial charge in [-0.1, -0.05) is 36.4 Å². The largest absolute Gasteiger partial charge is 0.478 e. The van der Waals surface area contributed by atoms with E-state index in [4.69, 9.17) is 4.74 Å². The van der Waals surface area contributed by atoms with Gasteiger partial charge in [-0.15, -0.1) is 0 Å². The minimum atomic E-state index is -0.800. The van der Waals surface area contributed by atoms with E-state index in [0.29, 0.717) is 11.4 Å². The monoisotopic (exact) mass is 352 g/mol. The van der Waals surface area contributed by atoms with Crippen LogP contribution in [0.15, 0.2) is 48.5 Å². The zero-order chi connectivity index (χ0) is 18.5. The molecule has 5 heteroatoms. The lowest BCUT2D eigenvalue weighted by molar-refractivity contribution is -0.130. The fraction of sp³-hybridized carbons (Fsp3) is 0.333. The first-order valence-electron chi connectivity index (χ1n) is 8.93. The molecule has 2 amide bonds. The summed E-state index contributed by atoms with van der Waals surface area (Å²) in [5, 5.41) is 5.76. The minimum Gasteiger partial charge on any atom is -0.478 e. The maximum absolute atomic E-state index is 12.3. The Morgan fingerprint density at radius 2 is 2.00 bits per heavy atom. The van der Waals surface area contributed by atoms with Crippen molar-refractivity contribution in [3.63, 3.8) is 0 Å². The number of anilines is 1. The summed E-state index contributed by atoms with van der Waals surface area (Å²) in [4.78, 5) is 24.5. The first-order valence-corrected chi connectivity index (χ1v) is 8.93. The predicted molar refractivity (Wildman–Crippen MR) is 101 cm³/mol. The van der Waals surface area contributed by atoms with Gasteiger partial charge in [-0.3, -0.25) is 9.59 Å². The van der Waals surface area contributed by atoms with Crippen LogP contribution in [0.5, 0.6) is 5.75 Å². The molecule has 0 radical (unpaired) electrons. The van der Waals surface area contributed by atoms with Crippen molar-refractivity contribution in [2.24, 2.45) is 0 Å². The fourth-order valence-corrected chi connectivity index (χ4v) is 3.00. The summed E-state index contributed by atoms with van der Waals surface area (Å²) < 4.78 is 5.71. The van der Waals surface area contributed by atoms with Crippen LogP contribution in [0.3, 0.4) is 0 Å². The Labute approximate surface area is 153 Å². The summed E-state index contributed by atoms with van der Waals surface area (Å²) in [7, 11) is 0. The summed E-state index contributed by atoms with van der Waals surface area (Å²) in [5.41, 5.74) is 2.94. The third-order valence-corrected chi connectivity index (χ3v) is 4.44. The molecule has 2 N–H and O–H groups in total. The van der Waals surface area contributed by atoms with Crippen LogP contribution in [0, 0.1) is 6.92 Å². The van der Waals surface area contributed by atoms with E-state index >= 15 is 0 Å².